The number of carbonyl (C=O) groups is 3. The Labute approximate surface area is 181 Å². The molecule has 3 amide bonds. The number of hydrogen-bond acceptors (Lipinski definition) is 5. The molecule has 2 atom stereocenters. The molecule has 7 nitrogen and oxygen atoms in total. The molecule has 8 heteroatoms. The Bertz CT molecular complexity index is 785. The van der Waals surface area contributed by atoms with Crippen molar-refractivity contribution >= 4 is 29.2 Å². The summed E-state index contributed by atoms with van der Waals surface area (Å²) in [5.41, 5.74) is 5.84. The van der Waals surface area contributed by atoms with E-state index < -0.39 is 12.0 Å². The van der Waals surface area contributed by atoms with Crippen molar-refractivity contribution in [3.05, 3.63) is 21.9 Å². The minimum Gasteiger partial charge on any atom is -0.439 e. The third-order valence-electron chi connectivity index (χ3n) is 6.86. The summed E-state index contributed by atoms with van der Waals surface area (Å²) in [4.78, 5) is 41.0. The molecule has 1 aromatic rings. The first-order valence-electron chi connectivity index (χ1n) is 11.1. The molecule has 0 aromatic carbocycles. The van der Waals surface area contributed by atoms with Crippen molar-refractivity contribution in [2.45, 2.75) is 63.3 Å². The van der Waals surface area contributed by atoms with E-state index >= 15 is 0 Å². The Morgan fingerprint density at radius 1 is 1.03 bits per heavy atom. The zero-order valence-electron chi connectivity index (χ0n) is 17.4. The second-order valence-electron chi connectivity index (χ2n) is 8.77. The molecule has 2 unspecified atom stereocenters. The van der Waals surface area contributed by atoms with E-state index in [2.05, 4.69) is 11.0 Å². The maximum atomic E-state index is 13.2. The number of piperidine rings is 2. The molecule has 3 heterocycles. The summed E-state index contributed by atoms with van der Waals surface area (Å²) in [6.07, 6.45) is 8.52. The number of ether oxygens (including phenoxy) is 1. The van der Waals surface area contributed by atoms with Crippen LogP contribution >= 0.6 is 11.3 Å². The van der Waals surface area contributed by atoms with E-state index in [1.807, 2.05) is 5.38 Å². The number of carbonyl (C=O) groups excluding carboxylic acids is 3. The van der Waals surface area contributed by atoms with Crippen molar-refractivity contribution in [1.29, 1.82) is 0 Å². The lowest BCUT2D eigenvalue weighted by molar-refractivity contribution is -0.121. The number of hydrogen-bond donors (Lipinski definition) is 1. The topological polar surface area (TPSA) is 92.9 Å². The van der Waals surface area contributed by atoms with Crippen LogP contribution in [0.2, 0.25) is 0 Å². The highest BCUT2D eigenvalue weighted by Gasteiger charge is 2.36. The Hall–Kier alpha value is -2.09. The molecule has 0 spiro atoms. The van der Waals surface area contributed by atoms with E-state index in [1.54, 1.807) is 16.2 Å². The molecule has 0 radical (unpaired) electrons. The SMILES string of the molecule is NC(=O)COC(=O)N1CCC(c2cc(C(=O)N3CCCC4CCCCC43)cs2)CC1. The van der Waals surface area contributed by atoms with Crippen LogP contribution in [-0.2, 0) is 9.53 Å². The van der Waals surface area contributed by atoms with Crippen LogP contribution in [0.5, 0.6) is 0 Å². The summed E-state index contributed by atoms with van der Waals surface area (Å²) < 4.78 is 4.89. The molecular formula is C22H31N3O4S. The smallest absolute Gasteiger partial charge is 0.410 e. The van der Waals surface area contributed by atoms with Crippen molar-refractivity contribution in [2.75, 3.05) is 26.2 Å². The van der Waals surface area contributed by atoms with Crippen molar-refractivity contribution in [1.82, 2.24) is 9.80 Å². The average Bonchev–Trinajstić information content (AvgIpc) is 3.27. The number of fused-ring (bicyclic) bond motifs is 1. The summed E-state index contributed by atoms with van der Waals surface area (Å²) in [5, 5.41) is 2.01. The number of rotatable bonds is 4. The van der Waals surface area contributed by atoms with Gasteiger partial charge in [-0.3, -0.25) is 9.59 Å². The lowest BCUT2D eigenvalue weighted by Gasteiger charge is -2.44. The molecular weight excluding hydrogens is 402 g/mol. The standard InChI is InChI=1S/C22H31N3O4S/c23-20(26)13-29-22(28)24-10-7-16(8-11-24)19-12-17(14-30-19)21(27)25-9-3-5-15-4-1-2-6-18(15)25/h12,14-16,18H,1-11,13H2,(H2,23,26). The number of nitrogens with two attached hydrogens (primary N) is 1. The molecule has 3 fully saturated rings. The first kappa shape index (κ1) is 21.2. The summed E-state index contributed by atoms with van der Waals surface area (Å²) >= 11 is 1.66. The fourth-order valence-corrected chi connectivity index (χ4v) is 6.35. The number of amides is 3. The summed E-state index contributed by atoms with van der Waals surface area (Å²) in [5.74, 6) is 0.581. The fourth-order valence-electron chi connectivity index (χ4n) is 5.29. The molecule has 2 saturated heterocycles. The third kappa shape index (κ3) is 4.63. The van der Waals surface area contributed by atoms with Crippen LogP contribution in [0.4, 0.5) is 4.79 Å². The van der Waals surface area contributed by atoms with Gasteiger partial charge in [0.15, 0.2) is 6.61 Å². The van der Waals surface area contributed by atoms with Crippen molar-refractivity contribution in [3.63, 3.8) is 0 Å². The van der Waals surface area contributed by atoms with Crippen LogP contribution < -0.4 is 5.73 Å². The zero-order chi connectivity index (χ0) is 21.1. The van der Waals surface area contributed by atoms with Gasteiger partial charge in [-0.25, -0.2) is 4.79 Å². The highest BCUT2D eigenvalue weighted by Crippen LogP contribution is 2.37. The van der Waals surface area contributed by atoms with Crippen LogP contribution in [0, 0.1) is 5.92 Å². The normalized spacial score (nSPS) is 24.9. The largest absolute Gasteiger partial charge is 0.439 e. The van der Waals surface area contributed by atoms with Crippen molar-refractivity contribution in [2.24, 2.45) is 11.7 Å². The molecule has 2 N–H and O–H groups in total. The van der Waals surface area contributed by atoms with E-state index in [9.17, 15) is 14.4 Å². The summed E-state index contributed by atoms with van der Waals surface area (Å²) in [6.45, 7) is 1.67. The monoisotopic (exact) mass is 433 g/mol. The highest BCUT2D eigenvalue weighted by atomic mass is 32.1. The van der Waals surface area contributed by atoms with E-state index in [0.717, 1.165) is 37.8 Å². The maximum Gasteiger partial charge on any atom is 0.410 e. The Balaban J connectivity index is 1.34. The summed E-state index contributed by atoms with van der Waals surface area (Å²) in [6, 6.07) is 2.50. The van der Waals surface area contributed by atoms with E-state index in [4.69, 9.17) is 10.5 Å². The molecule has 164 valence electrons. The number of likely N-dealkylation sites (tertiary alicyclic amines) is 2. The van der Waals surface area contributed by atoms with E-state index in [1.165, 1.54) is 30.6 Å². The van der Waals surface area contributed by atoms with Gasteiger partial charge in [0, 0.05) is 35.9 Å². The molecule has 0 bridgehead atoms. The molecule has 4 rings (SSSR count). The lowest BCUT2D eigenvalue weighted by Crippen LogP contribution is -2.49. The Morgan fingerprint density at radius 2 is 1.77 bits per heavy atom. The molecule has 30 heavy (non-hydrogen) atoms. The fraction of sp³-hybridized carbons (Fsp3) is 0.682. The summed E-state index contributed by atoms with van der Waals surface area (Å²) in [7, 11) is 0. The van der Waals surface area contributed by atoms with Gasteiger partial charge >= 0.3 is 6.09 Å². The van der Waals surface area contributed by atoms with Crippen LogP contribution in [0.15, 0.2) is 11.4 Å². The van der Waals surface area contributed by atoms with E-state index in [0.29, 0.717) is 31.0 Å². The van der Waals surface area contributed by atoms with Gasteiger partial charge in [-0.15, -0.1) is 11.3 Å². The van der Waals surface area contributed by atoms with Crippen molar-refractivity contribution < 1.29 is 19.1 Å². The molecule has 3 aliphatic rings. The van der Waals surface area contributed by atoms with Gasteiger partial charge in [0.25, 0.3) is 11.8 Å². The maximum absolute atomic E-state index is 13.2. The second-order valence-corrected chi connectivity index (χ2v) is 9.72. The quantitative estimate of drug-likeness (QED) is 0.788. The predicted molar refractivity (Wildman–Crippen MR) is 114 cm³/mol. The predicted octanol–water partition coefficient (Wildman–Crippen LogP) is 3.34. The lowest BCUT2D eigenvalue weighted by atomic mass is 9.78. The third-order valence-corrected chi connectivity index (χ3v) is 7.96. The van der Waals surface area contributed by atoms with Gasteiger partial charge in [0.2, 0.25) is 0 Å². The first-order valence-corrected chi connectivity index (χ1v) is 12.0. The number of primary amides is 1. The van der Waals surface area contributed by atoms with Gasteiger partial charge in [-0.2, -0.15) is 0 Å². The van der Waals surface area contributed by atoms with Gasteiger partial charge in [-0.1, -0.05) is 12.8 Å². The number of nitrogens with zero attached hydrogens (tertiary/aromatic N) is 2. The number of thiophene rings is 1. The van der Waals surface area contributed by atoms with Crippen LogP contribution in [0.3, 0.4) is 0 Å². The first-order chi connectivity index (χ1) is 14.5. The minimum atomic E-state index is -0.651. The molecule has 1 aromatic heterocycles. The van der Waals surface area contributed by atoms with Crippen LogP contribution in [0.25, 0.3) is 0 Å². The second kappa shape index (κ2) is 9.37. The minimum absolute atomic E-state index is 0.196. The molecule has 2 aliphatic heterocycles. The molecule has 1 saturated carbocycles. The molecule has 1 aliphatic carbocycles. The zero-order valence-corrected chi connectivity index (χ0v) is 18.2. The van der Waals surface area contributed by atoms with Gasteiger partial charge in [-0.05, 0) is 56.4 Å². The van der Waals surface area contributed by atoms with Gasteiger partial charge in [0.05, 0.1) is 5.56 Å². The Morgan fingerprint density at radius 3 is 2.53 bits per heavy atom. The van der Waals surface area contributed by atoms with E-state index in [-0.39, 0.29) is 12.5 Å². The highest BCUT2D eigenvalue weighted by molar-refractivity contribution is 7.10. The van der Waals surface area contributed by atoms with Crippen LogP contribution in [0.1, 0.15) is 72.5 Å². The Kier molecular flexibility index (Phi) is 6.61. The average molecular weight is 434 g/mol. The van der Waals surface area contributed by atoms with Gasteiger partial charge < -0.3 is 20.3 Å². The van der Waals surface area contributed by atoms with Crippen molar-refractivity contribution in [3.8, 4) is 0 Å². The van der Waals surface area contributed by atoms with Crippen LogP contribution in [-0.4, -0.2) is 60.0 Å². The van der Waals surface area contributed by atoms with Gasteiger partial charge in [0.1, 0.15) is 0 Å².